The van der Waals surface area contributed by atoms with Gasteiger partial charge >= 0.3 is 48.4 Å². The number of rotatable bonds is 27. The molecule has 0 aliphatic carbocycles. The number of nitrogens with one attached hydrogen (secondary N) is 7. The number of terminal acetylenes is 1. The first-order chi connectivity index (χ1) is 40.9. The summed E-state index contributed by atoms with van der Waals surface area (Å²) < 4.78 is 95.2. The van der Waals surface area contributed by atoms with E-state index in [1.165, 1.54) is 17.0 Å². The van der Waals surface area contributed by atoms with Crippen LogP contribution in [-0.4, -0.2) is 190 Å². The smallest absolute Gasteiger partial charge is 0.490 e. The summed E-state index contributed by atoms with van der Waals surface area (Å²) in [5.41, 5.74) is 16.5. The van der Waals surface area contributed by atoms with E-state index in [1.807, 2.05) is 13.8 Å². The lowest BCUT2D eigenvalue weighted by atomic mass is 9.85. The highest BCUT2D eigenvalue weighted by molar-refractivity contribution is 5.97. The number of alkyl halides is 9. The highest BCUT2D eigenvalue weighted by Gasteiger charge is 2.42. The molecule has 89 heavy (non-hydrogen) atoms. The minimum absolute atomic E-state index is 0.0238. The number of halogens is 9. The van der Waals surface area contributed by atoms with Gasteiger partial charge in [-0.05, 0) is 93.9 Å². The van der Waals surface area contributed by atoms with Gasteiger partial charge in [0.1, 0.15) is 36.0 Å². The molecule has 0 spiro atoms. The number of likely N-dealkylation sites (tertiary alicyclic amines) is 1. The molecule has 1 fully saturated rings. The molecule has 2 rings (SSSR count). The summed E-state index contributed by atoms with van der Waals surface area (Å²) in [5.74, 6) is -10.4. The number of phenolic OH excluding ortho intramolecular Hbond substituents is 1. The second-order valence-electron chi connectivity index (χ2n) is 20.7. The Hall–Kier alpha value is -8.85. The number of aliphatic carboxylic acids is 4. The maximum absolute atomic E-state index is 14.5. The summed E-state index contributed by atoms with van der Waals surface area (Å²) in [6.07, 6.45) is -6.15. The summed E-state index contributed by atoms with van der Waals surface area (Å²) in [5, 5.41) is 60.1. The molecule has 1 aliphatic rings. The number of amides is 7. The molecule has 7 amide bonds. The summed E-state index contributed by atoms with van der Waals surface area (Å²) >= 11 is 0. The van der Waals surface area contributed by atoms with Crippen molar-refractivity contribution < 1.29 is 113 Å². The van der Waals surface area contributed by atoms with Crippen molar-refractivity contribution in [2.75, 3.05) is 33.2 Å². The quantitative estimate of drug-likeness (QED) is 0.0196. The van der Waals surface area contributed by atoms with E-state index in [2.05, 4.69) is 53.1 Å². The van der Waals surface area contributed by atoms with Gasteiger partial charge in [-0.3, -0.25) is 39.3 Å². The standard InChI is InChI=1S/C46H75N13O9.3C2HF3O2/c1-8-9-10-11-22-53-45(68)58-44(49)52-24-13-16-32(54-37(61)31(50-7)15-12-23-51-43(47)48)41(65)59-25-14-17-35(59)39(63)55-33(27-29-18-20-30(60)21-19-29)38(62)57-36(46(4,5)6)40(64)56-34(42(66)67)26-28(2)3;3*3-2(4,5)1(6)7/h1,18-21,28,31-36,50,60H,9-17,22-27H2,2-7H3,(H,54,61)(H,55,63)(H,56,64)(H,57,62)(H,66,67)(H4,47,48,51)(H4,49,52,53,58,68);3*(H,6,7)/t31-,32-,33-,34-,35-,36+;;;/m0.../s1. The minimum atomic E-state index is -5.08. The molecular formula is C52H78F9N13O15. The van der Waals surface area contributed by atoms with Gasteiger partial charge in [-0.15, -0.1) is 12.3 Å². The Balaban J connectivity index is 0. The average molecular weight is 1300 g/mol. The molecule has 0 radical (unpaired) electrons. The fourth-order valence-electron chi connectivity index (χ4n) is 7.40. The summed E-state index contributed by atoms with van der Waals surface area (Å²) in [4.78, 5) is 131. The maximum Gasteiger partial charge on any atom is 0.490 e. The van der Waals surface area contributed by atoms with E-state index in [0.717, 1.165) is 6.42 Å². The van der Waals surface area contributed by atoms with Crippen molar-refractivity contribution in [1.29, 1.82) is 0 Å². The first-order valence-corrected chi connectivity index (χ1v) is 26.8. The Morgan fingerprint density at radius 3 is 1.62 bits per heavy atom. The van der Waals surface area contributed by atoms with Crippen molar-refractivity contribution in [3.8, 4) is 18.1 Å². The lowest BCUT2D eigenvalue weighted by Crippen LogP contribution is -2.61. The molecule has 1 aromatic rings. The highest BCUT2D eigenvalue weighted by Crippen LogP contribution is 2.24. The van der Waals surface area contributed by atoms with Crippen molar-refractivity contribution in [3.63, 3.8) is 0 Å². The van der Waals surface area contributed by atoms with Crippen LogP contribution < -0.4 is 54.4 Å². The number of nitrogens with two attached hydrogens (primary N) is 3. The fraction of sp³-hybridized carbons (Fsp3) is 0.615. The normalized spacial score (nSPS) is 14.8. The molecule has 0 saturated carbocycles. The predicted molar refractivity (Wildman–Crippen MR) is 300 cm³/mol. The van der Waals surface area contributed by atoms with E-state index in [1.54, 1.807) is 40.0 Å². The molecule has 18 N–H and O–H groups in total. The van der Waals surface area contributed by atoms with Gasteiger partial charge < -0.3 is 79.5 Å². The molecule has 1 heterocycles. The molecule has 37 heteroatoms. The Bertz CT molecular complexity index is 2530. The molecule has 1 saturated heterocycles. The third kappa shape index (κ3) is 36.2. The molecule has 0 unspecified atom stereocenters. The zero-order valence-electron chi connectivity index (χ0n) is 49.3. The van der Waals surface area contributed by atoms with Gasteiger partial charge in [-0.2, -0.15) is 39.5 Å². The molecule has 6 atom stereocenters. The molecule has 0 bridgehead atoms. The van der Waals surface area contributed by atoms with Gasteiger partial charge in [0.25, 0.3) is 0 Å². The van der Waals surface area contributed by atoms with E-state index >= 15 is 0 Å². The zero-order chi connectivity index (χ0) is 69.2. The van der Waals surface area contributed by atoms with Crippen LogP contribution in [0.3, 0.4) is 0 Å². The number of aromatic hydroxyl groups is 1. The van der Waals surface area contributed by atoms with Crippen molar-refractivity contribution in [2.45, 2.75) is 160 Å². The third-order valence-electron chi connectivity index (χ3n) is 11.7. The van der Waals surface area contributed by atoms with Crippen LogP contribution in [0.5, 0.6) is 5.75 Å². The first-order valence-electron chi connectivity index (χ1n) is 26.8. The van der Waals surface area contributed by atoms with E-state index in [-0.39, 0.29) is 75.3 Å². The van der Waals surface area contributed by atoms with E-state index in [9.17, 15) is 83.3 Å². The van der Waals surface area contributed by atoms with Gasteiger partial charge in [0.15, 0.2) is 11.9 Å². The van der Waals surface area contributed by atoms with Crippen molar-refractivity contribution in [3.05, 3.63) is 29.8 Å². The molecule has 504 valence electrons. The van der Waals surface area contributed by atoms with Crippen LogP contribution in [0, 0.1) is 23.7 Å². The maximum atomic E-state index is 14.5. The Morgan fingerprint density at radius 2 is 1.17 bits per heavy atom. The number of hydrogen-bond acceptors (Lipinski definition) is 14. The fourth-order valence-corrected chi connectivity index (χ4v) is 7.40. The lowest BCUT2D eigenvalue weighted by molar-refractivity contribution is -0.193. The number of carbonyl (C=O) groups excluding carboxylic acids is 6. The summed E-state index contributed by atoms with van der Waals surface area (Å²) in [6.45, 7) is 9.64. The summed E-state index contributed by atoms with van der Waals surface area (Å²) in [7, 11) is 1.60. The van der Waals surface area contributed by atoms with Crippen molar-refractivity contribution in [1.82, 2.24) is 42.1 Å². The number of urea groups is 1. The number of carboxylic acid groups (broad SMARTS) is 4. The number of carboxylic acids is 4. The van der Waals surface area contributed by atoms with Crippen LogP contribution in [0.25, 0.3) is 0 Å². The number of guanidine groups is 2. The van der Waals surface area contributed by atoms with Crippen LogP contribution in [-0.2, 0) is 49.6 Å². The molecule has 1 aromatic carbocycles. The number of hydrogen-bond donors (Lipinski definition) is 15. The van der Waals surface area contributed by atoms with Crippen LogP contribution in [0.1, 0.15) is 104 Å². The van der Waals surface area contributed by atoms with Gasteiger partial charge in [0.05, 0.1) is 6.04 Å². The predicted octanol–water partition coefficient (Wildman–Crippen LogP) is 1.78. The number of carbonyl (C=O) groups is 10. The Kier molecular flexibility index (Phi) is 36.8. The monoisotopic (exact) mass is 1300 g/mol. The number of benzene rings is 1. The topological polar surface area (TPSA) is 462 Å². The highest BCUT2D eigenvalue weighted by atomic mass is 19.4. The summed E-state index contributed by atoms with van der Waals surface area (Å²) in [6, 6.07) is -1.22. The zero-order valence-corrected chi connectivity index (χ0v) is 49.3. The molecular weight excluding hydrogens is 1220 g/mol. The number of likely N-dealkylation sites (N-methyl/N-ethyl adjacent to an activating group) is 1. The Morgan fingerprint density at radius 1 is 0.685 bits per heavy atom. The lowest BCUT2D eigenvalue weighted by Gasteiger charge is -2.33. The van der Waals surface area contributed by atoms with E-state index in [0.29, 0.717) is 44.2 Å². The van der Waals surface area contributed by atoms with Gasteiger partial charge in [-0.1, -0.05) is 46.8 Å². The largest absolute Gasteiger partial charge is 0.508 e. The van der Waals surface area contributed by atoms with Gasteiger partial charge in [0, 0.05) is 39.0 Å². The van der Waals surface area contributed by atoms with Crippen LogP contribution in [0.15, 0.2) is 34.3 Å². The molecule has 0 aromatic heterocycles. The number of unbranched alkanes of at least 4 members (excludes halogenated alkanes) is 2. The first kappa shape index (κ1) is 82.2. The van der Waals surface area contributed by atoms with Gasteiger partial charge in [-0.25, -0.2) is 24.0 Å². The molecule has 28 nitrogen and oxygen atoms in total. The van der Waals surface area contributed by atoms with Gasteiger partial charge in [0.2, 0.25) is 29.5 Å². The second kappa shape index (κ2) is 39.8. The third-order valence-corrected chi connectivity index (χ3v) is 11.7. The Labute approximate surface area is 505 Å². The van der Waals surface area contributed by atoms with Crippen LogP contribution >= 0.6 is 0 Å². The number of phenols is 1. The number of aliphatic imine (C=N–C) groups is 2. The van der Waals surface area contributed by atoms with Crippen LogP contribution in [0.2, 0.25) is 0 Å². The minimum Gasteiger partial charge on any atom is -0.508 e. The van der Waals surface area contributed by atoms with Crippen molar-refractivity contribution in [2.24, 2.45) is 38.5 Å². The average Bonchev–Trinajstić information content (AvgIpc) is 2.74. The van der Waals surface area contributed by atoms with Crippen molar-refractivity contribution >= 4 is 71.4 Å². The van der Waals surface area contributed by atoms with Crippen LogP contribution in [0.4, 0.5) is 44.3 Å². The molecule has 1 aliphatic heterocycles. The van der Waals surface area contributed by atoms with E-state index in [4.69, 9.17) is 53.3 Å². The van der Waals surface area contributed by atoms with E-state index < -0.39 is 120 Å². The SMILES string of the molecule is C#CCCCCNC(=O)NC(N)=NCCC[C@H](NC(=O)[C@H](CCCN=C(N)N)NC)C(=O)N1CCC[C@H]1C(=O)N[C@@H](Cc1ccc(O)cc1)C(=O)N[C@H](C(=O)N[C@@H](CC(C)C)C(=O)O)C(C)(C)C.O=C(O)C(F)(F)F.O=C(O)C(F)(F)F.O=C(O)C(F)(F)F. The second-order valence-corrected chi connectivity index (χ2v) is 20.7. The number of nitrogens with zero attached hydrogens (tertiary/aromatic N) is 3.